The number of phenols is 1. The summed E-state index contributed by atoms with van der Waals surface area (Å²) < 4.78 is 0. The fourth-order valence-electron chi connectivity index (χ4n) is 3.16. The van der Waals surface area contributed by atoms with Crippen LogP contribution >= 0.6 is 0 Å². The van der Waals surface area contributed by atoms with Gasteiger partial charge in [0.15, 0.2) is 0 Å². The van der Waals surface area contributed by atoms with E-state index in [9.17, 15) is 29.4 Å². The highest BCUT2D eigenvalue weighted by Crippen LogP contribution is 2.19. The van der Waals surface area contributed by atoms with Gasteiger partial charge in [-0.25, -0.2) is 4.79 Å². The maximum absolute atomic E-state index is 12.6. The number of carboxylic acids is 1. The lowest BCUT2D eigenvalue weighted by atomic mass is 10.0. The number of phenolic OH excluding ortho intramolecular Hbond substituents is 1. The van der Waals surface area contributed by atoms with E-state index in [1.54, 1.807) is 12.1 Å². The molecule has 0 saturated carbocycles. The number of carbonyl (C=O) groups is 4. The zero-order valence-corrected chi connectivity index (χ0v) is 15.2. The van der Waals surface area contributed by atoms with E-state index >= 15 is 0 Å². The van der Waals surface area contributed by atoms with Crippen LogP contribution in [0.1, 0.15) is 24.8 Å². The van der Waals surface area contributed by atoms with Crippen LogP contribution in [0.3, 0.4) is 0 Å². The van der Waals surface area contributed by atoms with Gasteiger partial charge in [-0.3, -0.25) is 14.4 Å². The number of aliphatic carboxylic acids is 1. The van der Waals surface area contributed by atoms with E-state index in [0.29, 0.717) is 24.9 Å². The lowest BCUT2D eigenvalue weighted by molar-refractivity contribution is -0.144. The number of carbonyl (C=O) groups excluding carboxylic acids is 3. The van der Waals surface area contributed by atoms with Gasteiger partial charge in [-0.15, -0.1) is 0 Å². The van der Waals surface area contributed by atoms with Gasteiger partial charge in [0.25, 0.3) is 0 Å². The molecular formula is C18H24N4O6. The Morgan fingerprint density at radius 1 is 1.21 bits per heavy atom. The molecule has 1 aliphatic heterocycles. The van der Waals surface area contributed by atoms with Gasteiger partial charge in [0.05, 0.1) is 12.5 Å². The Hall–Kier alpha value is -3.14. The lowest BCUT2D eigenvalue weighted by Gasteiger charge is -2.27. The second kappa shape index (κ2) is 9.18. The molecule has 1 saturated heterocycles. The topological polar surface area (TPSA) is 176 Å². The molecule has 0 aromatic heterocycles. The van der Waals surface area contributed by atoms with E-state index in [1.807, 2.05) is 0 Å². The summed E-state index contributed by atoms with van der Waals surface area (Å²) in [5.41, 5.74) is 11.4. The number of hydrogen-bond donors (Lipinski definition) is 5. The number of hydrogen-bond acceptors (Lipinski definition) is 6. The van der Waals surface area contributed by atoms with Crippen LogP contribution in [0.25, 0.3) is 0 Å². The first-order valence-electron chi connectivity index (χ1n) is 8.84. The molecule has 3 atom stereocenters. The highest BCUT2D eigenvalue weighted by Gasteiger charge is 2.37. The van der Waals surface area contributed by atoms with E-state index < -0.39 is 41.8 Å². The molecule has 1 aromatic rings. The van der Waals surface area contributed by atoms with Crippen molar-refractivity contribution < 1.29 is 29.4 Å². The third kappa shape index (κ3) is 5.43. The van der Waals surface area contributed by atoms with Crippen LogP contribution in [0, 0.1) is 0 Å². The first kappa shape index (κ1) is 21.2. The van der Waals surface area contributed by atoms with Crippen LogP contribution in [0.5, 0.6) is 5.75 Å². The minimum Gasteiger partial charge on any atom is -0.508 e. The molecule has 1 aromatic carbocycles. The zero-order valence-electron chi connectivity index (χ0n) is 15.2. The first-order chi connectivity index (χ1) is 13.2. The Balaban J connectivity index is 2.05. The number of nitrogens with one attached hydrogen (secondary N) is 1. The smallest absolute Gasteiger partial charge is 0.326 e. The highest BCUT2D eigenvalue weighted by molar-refractivity contribution is 5.93. The summed E-state index contributed by atoms with van der Waals surface area (Å²) in [7, 11) is 0. The molecule has 10 heteroatoms. The number of aromatic hydroxyl groups is 1. The first-order valence-corrected chi connectivity index (χ1v) is 8.84. The summed E-state index contributed by atoms with van der Waals surface area (Å²) in [5, 5.41) is 21.2. The molecule has 1 fully saturated rings. The summed E-state index contributed by atoms with van der Waals surface area (Å²) in [6.07, 6.45) is 0.612. The molecule has 3 amide bonds. The van der Waals surface area contributed by atoms with Crippen molar-refractivity contribution in [1.29, 1.82) is 0 Å². The van der Waals surface area contributed by atoms with E-state index in [4.69, 9.17) is 11.5 Å². The summed E-state index contributed by atoms with van der Waals surface area (Å²) in [6.45, 7) is 0.291. The molecule has 0 radical (unpaired) electrons. The molecule has 7 N–H and O–H groups in total. The highest BCUT2D eigenvalue weighted by atomic mass is 16.4. The SMILES string of the molecule is NC(=O)CC(N)C(=O)N1CCCC1C(=O)NC(Cc1ccc(O)cc1)C(=O)O. The van der Waals surface area contributed by atoms with E-state index in [0.717, 1.165) is 0 Å². The van der Waals surface area contributed by atoms with Crippen molar-refractivity contribution in [1.82, 2.24) is 10.2 Å². The molecule has 2 rings (SSSR count). The molecule has 0 bridgehead atoms. The van der Waals surface area contributed by atoms with Gasteiger partial charge in [-0.05, 0) is 30.5 Å². The second-order valence-electron chi connectivity index (χ2n) is 6.74. The maximum Gasteiger partial charge on any atom is 0.326 e. The number of nitrogens with zero attached hydrogens (tertiary/aromatic N) is 1. The van der Waals surface area contributed by atoms with Crippen molar-refractivity contribution in [2.24, 2.45) is 11.5 Å². The third-order valence-electron chi connectivity index (χ3n) is 4.57. The quantitative estimate of drug-likeness (QED) is 0.365. The van der Waals surface area contributed by atoms with E-state index in [1.165, 1.54) is 17.0 Å². The second-order valence-corrected chi connectivity index (χ2v) is 6.74. The number of rotatable bonds is 8. The monoisotopic (exact) mass is 392 g/mol. The molecule has 10 nitrogen and oxygen atoms in total. The Morgan fingerprint density at radius 3 is 2.43 bits per heavy atom. The van der Waals surface area contributed by atoms with Crippen molar-refractivity contribution in [3.05, 3.63) is 29.8 Å². The number of amides is 3. The van der Waals surface area contributed by atoms with Gasteiger partial charge in [0.2, 0.25) is 17.7 Å². The van der Waals surface area contributed by atoms with Crippen LogP contribution in [0.2, 0.25) is 0 Å². The zero-order chi connectivity index (χ0) is 20.8. The van der Waals surface area contributed by atoms with Crippen LogP contribution in [-0.2, 0) is 25.6 Å². The van der Waals surface area contributed by atoms with Gasteiger partial charge in [0.1, 0.15) is 17.8 Å². The van der Waals surface area contributed by atoms with Crippen molar-refractivity contribution in [3.8, 4) is 5.75 Å². The van der Waals surface area contributed by atoms with Gasteiger partial charge in [-0.1, -0.05) is 12.1 Å². The van der Waals surface area contributed by atoms with Gasteiger partial charge >= 0.3 is 5.97 Å². The molecule has 28 heavy (non-hydrogen) atoms. The largest absolute Gasteiger partial charge is 0.508 e. The average molecular weight is 392 g/mol. The maximum atomic E-state index is 12.6. The molecule has 3 unspecified atom stereocenters. The molecule has 1 heterocycles. The summed E-state index contributed by atoms with van der Waals surface area (Å²) in [5.74, 6) is -3.05. The Morgan fingerprint density at radius 2 is 1.86 bits per heavy atom. The van der Waals surface area contributed by atoms with Crippen molar-refractivity contribution >= 4 is 23.7 Å². The standard InChI is InChI=1S/C18H24N4O6/c19-12(9-15(20)24)17(26)22-7-1-2-14(22)16(25)21-13(18(27)28)8-10-3-5-11(23)6-4-10/h3-6,12-14,23H,1-2,7-9,19H2,(H2,20,24)(H,21,25)(H,27,28). The lowest BCUT2D eigenvalue weighted by Crippen LogP contribution is -2.54. The third-order valence-corrected chi connectivity index (χ3v) is 4.57. The average Bonchev–Trinajstić information content (AvgIpc) is 3.11. The molecule has 1 aliphatic rings. The molecular weight excluding hydrogens is 368 g/mol. The van der Waals surface area contributed by atoms with Crippen molar-refractivity contribution in [2.45, 2.75) is 43.8 Å². The van der Waals surface area contributed by atoms with Crippen molar-refractivity contribution in [2.75, 3.05) is 6.54 Å². The predicted molar refractivity (Wildman–Crippen MR) is 97.9 cm³/mol. The number of carboxylic acid groups (broad SMARTS) is 1. The van der Waals surface area contributed by atoms with E-state index in [-0.39, 0.29) is 18.6 Å². The van der Waals surface area contributed by atoms with Crippen molar-refractivity contribution in [3.63, 3.8) is 0 Å². The Kier molecular flexibility index (Phi) is 6.94. The van der Waals surface area contributed by atoms with Gasteiger partial charge in [-0.2, -0.15) is 0 Å². The van der Waals surface area contributed by atoms with Crippen LogP contribution < -0.4 is 16.8 Å². The number of likely N-dealkylation sites (tertiary alicyclic amines) is 1. The van der Waals surface area contributed by atoms with Crippen LogP contribution in [0.4, 0.5) is 0 Å². The van der Waals surface area contributed by atoms with Crippen LogP contribution in [-0.4, -0.2) is 63.5 Å². The number of benzene rings is 1. The molecule has 152 valence electrons. The predicted octanol–water partition coefficient (Wildman–Crippen LogP) is -1.30. The fourth-order valence-corrected chi connectivity index (χ4v) is 3.16. The molecule has 0 spiro atoms. The van der Waals surface area contributed by atoms with Gasteiger partial charge in [0, 0.05) is 13.0 Å². The summed E-state index contributed by atoms with van der Waals surface area (Å²) in [6, 6.07) is 2.78. The normalized spacial score (nSPS) is 18.3. The Bertz CT molecular complexity index is 751. The van der Waals surface area contributed by atoms with Crippen LogP contribution in [0.15, 0.2) is 24.3 Å². The Labute approximate surface area is 161 Å². The minimum atomic E-state index is -1.22. The number of primary amides is 1. The fraction of sp³-hybridized carbons (Fsp3) is 0.444. The van der Waals surface area contributed by atoms with Gasteiger partial charge < -0.3 is 31.9 Å². The summed E-state index contributed by atoms with van der Waals surface area (Å²) >= 11 is 0. The minimum absolute atomic E-state index is 0.0171. The summed E-state index contributed by atoms with van der Waals surface area (Å²) in [4.78, 5) is 48.8. The van der Waals surface area contributed by atoms with E-state index in [2.05, 4.69) is 5.32 Å². The number of nitrogens with two attached hydrogens (primary N) is 2. The molecule has 0 aliphatic carbocycles.